The number of rotatable bonds is 3. The molecular formula is C15H24N2. The van der Waals surface area contributed by atoms with E-state index in [9.17, 15) is 0 Å². The first-order valence-corrected chi connectivity index (χ1v) is 6.83. The Hall–Kier alpha value is -0.860. The second kappa shape index (κ2) is 6.18. The second-order valence-electron chi connectivity index (χ2n) is 5.16. The van der Waals surface area contributed by atoms with Crippen LogP contribution in [0.3, 0.4) is 0 Å². The SMILES string of the molecule is CC(N)C(c1ccccc1)N1CCCCCC1. The number of hydrogen-bond donors (Lipinski definition) is 1. The van der Waals surface area contributed by atoms with E-state index in [1.54, 1.807) is 0 Å². The number of nitrogens with two attached hydrogens (primary N) is 1. The van der Waals surface area contributed by atoms with Gasteiger partial charge in [-0.25, -0.2) is 0 Å². The highest BCUT2D eigenvalue weighted by Gasteiger charge is 2.24. The van der Waals surface area contributed by atoms with Crippen LogP contribution in [0.15, 0.2) is 30.3 Å². The fourth-order valence-corrected chi connectivity index (χ4v) is 2.87. The molecule has 1 aromatic rings. The Labute approximate surface area is 105 Å². The number of nitrogens with zero attached hydrogens (tertiary/aromatic N) is 1. The Bertz CT molecular complexity index is 313. The lowest BCUT2D eigenvalue weighted by molar-refractivity contribution is 0.183. The Morgan fingerprint density at radius 2 is 1.59 bits per heavy atom. The third-order valence-electron chi connectivity index (χ3n) is 3.67. The van der Waals surface area contributed by atoms with Crippen molar-refractivity contribution >= 4 is 0 Å². The summed E-state index contributed by atoms with van der Waals surface area (Å²) in [4.78, 5) is 2.58. The van der Waals surface area contributed by atoms with Crippen LogP contribution in [-0.2, 0) is 0 Å². The first-order chi connectivity index (χ1) is 8.29. The summed E-state index contributed by atoms with van der Waals surface area (Å²) in [6, 6.07) is 11.3. The Balaban J connectivity index is 2.16. The third-order valence-corrected chi connectivity index (χ3v) is 3.67. The Morgan fingerprint density at radius 3 is 2.12 bits per heavy atom. The van der Waals surface area contributed by atoms with Gasteiger partial charge in [0.1, 0.15) is 0 Å². The van der Waals surface area contributed by atoms with Gasteiger partial charge in [-0.1, -0.05) is 43.2 Å². The van der Waals surface area contributed by atoms with Gasteiger partial charge in [-0.05, 0) is 38.4 Å². The van der Waals surface area contributed by atoms with Crippen LogP contribution < -0.4 is 5.73 Å². The monoisotopic (exact) mass is 232 g/mol. The zero-order valence-electron chi connectivity index (χ0n) is 10.8. The van der Waals surface area contributed by atoms with E-state index in [4.69, 9.17) is 5.73 Å². The maximum Gasteiger partial charge on any atom is 0.0496 e. The molecule has 2 N–H and O–H groups in total. The van der Waals surface area contributed by atoms with E-state index in [1.165, 1.54) is 44.3 Å². The van der Waals surface area contributed by atoms with Gasteiger partial charge in [0.15, 0.2) is 0 Å². The van der Waals surface area contributed by atoms with Crippen LogP contribution in [0.4, 0.5) is 0 Å². The Morgan fingerprint density at radius 1 is 1.00 bits per heavy atom. The molecule has 0 aliphatic carbocycles. The summed E-state index contributed by atoms with van der Waals surface area (Å²) in [5, 5.41) is 0. The van der Waals surface area contributed by atoms with E-state index < -0.39 is 0 Å². The molecule has 2 heteroatoms. The van der Waals surface area contributed by atoms with Crippen molar-refractivity contribution in [3.05, 3.63) is 35.9 Å². The minimum Gasteiger partial charge on any atom is -0.326 e. The normalized spacial score (nSPS) is 21.8. The number of hydrogen-bond acceptors (Lipinski definition) is 2. The molecule has 1 aliphatic heterocycles. The standard InChI is InChI=1S/C15H24N2/c1-13(16)15(14-9-5-4-6-10-14)17-11-7-2-3-8-12-17/h4-6,9-10,13,15H,2-3,7-8,11-12,16H2,1H3. The molecule has 2 rings (SSSR count). The van der Waals surface area contributed by atoms with Crippen molar-refractivity contribution in [1.82, 2.24) is 4.90 Å². The molecule has 94 valence electrons. The maximum absolute atomic E-state index is 6.21. The van der Waals surface area contributed by atoms with E-state index >= 15 is 0 Å². The van der Waals surface area contributed by atoms with Gasteiger partial charge in [0.05, 0.1) is 0 Å². The lowest BCUT2D eigenvalue weighted by atomic mass is 9.99. The second-order valence-corrected chi connectivity index (χ2v) is 5.16. The van der Waals surface area contributed by atoms with Crippen molar-refractivity contribution in [2.24, 2.45) is 5.73 Å². The topological polar surface area (TPSA) is 29.3 Å². The third kappa shape index (κ3) is 3.30. The van der Waals surface area contributed by atoms with E-state index in [1.807, 2.05) is 0 Å². The summed E-state index contributed by atoms with van der Waals surface area (Å²) < 4.78 is 0. The summed E-state index contributed by atoms with van der Waals surface area (Å²) in [7, 11) is 0. The molecule has 1 aromatic carbocycles. The van der Waals surface area contributed by atoms with E-state index in [0.717, 1.165) is 0 Å². The van der Waals surface area contributed by atoms with Gasteiger partial charge in [-0.15, -0.1) is 0 Å². The molecule has 0 aromatic heterocycles. The average molecular weight is 232 g/mol. The molecule has 0 bridgehead atoms. The van der Waals surface area contributed by atoms with Crippen LogP contribution in [0.1, 0.15) is 44.2 Å². The van der Waals surface area contributed by atoms with Gasteiger partial charge in [0, 0.05) is 12.1 Å². The molecule has 0 amide bonds. The minimum absolute atomic E-state index is 0.190. The van der Waals surface area contributed by atoms with Crippen molar-refractivity contribution in [3.63, 3.8) is 0 Å². The predicted molar refractivity (Wildman–Crippen MR) is 72.9 cm³/mol. The predicted octanol–water partition coefficient (Wildman–Crippen LogP) is 2.95. The number of likely N-dealkylation sites (tertiary alicyclic amines) is 1. The van der Waals surface area contributed by atoms with Gasteiger partial charge < -0.3 is 5.73 Å². The van der Waals surface area contributed by atoms with Gasteiger partial charge in [0.2, 0.25) is 0 Å². The summed E-state index contributed by atoms with van der Waals surface area (Å²) in [5.41, 5.74) is 7.57. The van der Waals surface area contributed by atoms with Crippen molar-refractivity contribution < 1.29 is 0 Å². The lowest BCUT2D eigenvalue weighted by Crippen LogP contribution is -2.40. The summed E-state index contributed by atoms with van der Waals surface area (Å²) in [6.07, 6.45) is 5.38. The highest BCUT2D eigenvalue weighted by molar-refractivity contribution is 5.20. The highest BCUT2D eigenvalue weighted by atomic mass is 15.2. The zero-order valence-corrected chi connectivity index (χ0v) is 10.8. The largest absolute Gasteiger partial charge is 0.326 e. The Kier molecular flexibility index (Phi) is 4.57. The molecule has 0 radical (unpaired) electrons. The molecule has 1 heterocycles. The summed E-state index contributed by atoms with van der Waals surface area (Å²) in [5.74, 6) is 0. The van der Waals surface area contributed by atoms with Crippen molar-refractivity contribution in [2.45, 2.75) is 44.7 Å². The smallest absolute Gasteiger partial charge is 0.0496 e. The molecule has 2 unspecified atom stereocenters. The zero-order chi connectivity index (χ0) is 12.1. The van der Waals surface area contributed by atoms with Gasteiger partial charge >= 0.3 is 0 Å². The quantitative estimate of drug-likeness (QED) is 0.868. The fraction of sp³-hybridized carbons (Fsp3) is 0.600. The van der Waals surface area contributed by atoms with Crippen molar-refractivity contribution in [1.29, 1.82) is 0 Å². The van der Waals surface area contributed by atoms with Crippen molar-refractivity contribution in [3.8, 4) is 0 Å². The summed E-state index contributed by atoms with van der Waals surface area (Å²) >= 11 is 0. The molecule has 0 spiro atoms. The van der Waals surface area contributed by atoms with E-state index in [-0.39, 0.29) is 6.04 Å². The average Bonchev–Trinajstić information content (AvgIpc) is 2.59. The highest BCUT2D eigenvalue weighted by Crippen LogP contribution is 2.26. The fourth-order valence-electron chi connectivity index (χ4n) is 2.87. The molecule has 1 fully saturated rings. The van der Waals surface area contributed by atoms with E-state index in [2.05, 4.69) is 42.2 Å². The van der Waals surface area contributed by atoms with Gasteiger partial charge in [0.25, 0.3) is 0 Å². The van der Waals surface area contributed by atoms with Crippen LogP contribution in [0.25, 0.3) is 0 Å². The molecular weight excluding hydrogens is 208 g/mol. The molecule has 2 nitrogen and oxygen atoms in total. The first kappa shape index (κ1) is 12.6. The number of benzene rings is 1. The molecule has 1 aliphatic rings. The van der Waals surface area contributed by atoms with Crippen LogP contribution >= 0.6 is 0 Å². The van der Waals surface area contributed by atoms with Gasteiger partial charge in [-0.2, -0.15) is 0 Å². The minimum atomic E-state index is 0.190. The summed E-state index contributed by atoms with van der Waals surface area (Å²) in [6.45, 7) is 4.52. The van der Waals surface area contributed by atoms with Crippen LogP contribution in [0.5, 0.6) is 0 Å². The molecule has 2 atom stereocenters. The first-order valence-electron chi connectivity index (χ1n) is 6.83. The van der Waals surface area contributed by atoms with E-state index in [0.29, 0.717) is 6.04 Å². The van der Waals surface area contributed by atoms with Crippen LogP contribution in [0.2, 0.25) is 0 Å². The maximum atomic E-state index is 6.21. The van der Waals surface area contributed by atoms with Crippen LogP contribution in [-0.4, -0.2) is 24.0 Å². The molecule has 1 saturated heterocycles. The lowest BCUT2D eigenvalue weighted by Gasteiger charge is -2.33. The molecule has 17 heavy (non-hydrogen) atoms. The van der Waals surface area contributed by atoms with Crippen molar-refractivity contribution in [2.75, 3.05) is 13.1 Å². The molecule has 0 saturated carbocycles. The van der Waals surface area contributed by atoms with Crippen LogP contribution in [0, 0.1) is 0 Å². The van der Waals surface area contributed by atoms with Gasteiger partial charge in [-0.3, -0.25) is 4.90 Å².